The van der Waals surface area contributed by atoms with Gasteiger partial charge in [0, 0.05) is 43.5 Å². The number of carbonyl (C=O) groups is 1. The van der Waals surface area contributed by atoms with E-state index in [2.05, 4.69) is 15.6 Å². The molecule has 0 bridgehead atoms. The number of imidazole rings is 1. The van der Waals surface area contributed by atoms with E-state index in [1.165, 1.54) is 12.1 Å². The molecule has 1 atom stereocenters. The molecule has 158 valence electrons. The largest absolute Gasteiger partial charge is 0.338 e. The molecule has 1 fully saturated rings. The van der Waals surface area contributed by atoms with Crippen LogP contribution in [0.15, 0.2) is 54.7 Å². The SMILES string of the molecule is Cc1cnc(CC2CCCN(C(=O)c3ccc(C#N)cc3)C2)n1Cc1ccc(F)cc1. The summed E-state index contributed by atoms with van der Waals surface area (Å²) in [6.07, 6.45) is 4.69. The molecule has 0 N–H and O–H groups in total. The van der Waals surface area contributed by atoms with E-state index in [1.54, 1.807) is 36.4 Å². The first-order chi connectivity index (χ1) is 15.0. The van der Waals surface area contributed by atoms with Crippen LogP contribution in [0.2, 0.25) is 0 Å². The molecule has 5 nitrogen and oxygen atoms in total. The summed E-state index contributed by atoms with van der Waals surface area (Å²) in [5.74, 6) is 1.12. The highest BCUT2D eigenvalue weighted by Gasteiger charge is 2.26. The van der Waals surface area contributed by atoms with Crippen LogP contribution in [0.1, 0.15) is 45.8 Å². The van der Waals surface area contributed by atoms with Gasteiger partial charge in [-0.25, -0.2) is 9.37 Å². The molecule has 1 unspecified atom stereocenters. The number of nitriles is 1. The van der Waals surface area contributed by atoms with Gasteiger partial charge in [-0.2, -0.15) is 5.26 Å². The minimum Gasteiger partial charge on any atom is -0.338 e. The second-order valence-electron chi connectivity index (χ2n) is 8.18. The van der Waals surface area contributed by atoms with Gasteiger partial charge in [0.15, 0.2) is 0 Å². The number of carbonyl (C=O) groups excluding carboxylic acids is 1. The number of benzene rings is 2. The molecule has 1 aliphatic heterocycles. The summed E-state index contributed by atoms with van der Waals surface area (Å²) in [6, 6.07) is 15.5. The van der Waals surface area contributed by atoms with Crippen molar-refractivity contribution in [1.82, 2.24) is 14.5 Å². The summed E-state index contributed by atoms with van der Waals surface area (Å²) in [6.45, 7) is 4.13. The van der Waals surface area contributed by atoms with Gasteiger partial charge >= 0.3 is 0 Å². The Balaban J connectivity index is 1.44. The average molecular weight is 417 g/mol. The van der Waals surface area contributed by atoms with Crippen LogP contribution in [0.4, 0.5) is 4.39 Å². The Labute approximate surface area is 181 Å². The lowest BCUT2D eigenvalue weighted by Crippen LogP contribution is -2.40. The maximum Gasteiger partial charge on any atom is 0.253 e. The Morgan fingerprint density at radius 3 is 2.65 bits per heavy atom. The van der Waals surface area contributed by atoms with Gasteiger partial charge in [0.1, 0.15) is 11.6 Å². The van der Waals surface area contributed by atoms with Gasteiger partial charge in [-0.3, -0.25) is 4.79 Å². The smallest absolute Gasteiger partial charge is 0.253 e. The lowest BCUT2D eigenvalue weighted by Gasteiger charge is -2.33. The summed E-state index contributed by atoms with van der Waals surface area (Å²) in [4.78, 5) is 19.5. The molecule has 1 aliphatic rings. The van der Waals surface area contributed by atoms with Gasteiger partial charge in [-0.1, -0.05) is 12.1 Å². The number of hydrogen-bond donors (Lipinski definition) is 0. The van der Waals surface area contributed by atoms with Crippen LogP contribution in [-0.4, -0.2) is 33.4 Å². The number of halogens is 1. The van der Waals surface area contributed by atoms with E-state index in [0.717, 1.165) is 42.9 Å². The Morgan fingerprint density at radius 2 is 1.94 bits per heavy atom. The summed E-state index contributed by atoms with van der Waals surface area (Å²) >= 11 is 0. The predicted molar refractivity (Wildman–Crippen MR) is 116 cm³/mol. The van der Waals surface area contributed by atoms with E-state index in [-0.39, 0.29) is 11.7 Å². The number of likely N-dealkylation sites (tertiary alicyclic amines) is 1. The first-order valence-corrected chi connectivity index (χ1v) is 10.6. The number of aryl methyl sites for hydroxylation is 1. The van der Waals surface area contributed by atoms with Crippen molar-refractivity contribution in [2.75, 3.05) is 13.1 Å². The highest BCUT2D eigenvalue weighted by Crippen LogP contribution is 2.23. The fourth-order valence-electron chi connectivity index (χ4n) is 4.21. The summed E-state index contributed by atoms with van der Waals surface area (Å²) in [5.41, 5.74) is 3.27. The number of piperidine rings is 1. The quantitative estimate of drug-likeness (QED) is 0.621. The van der Waals surface area contributed by atoms with Crippen molar-refractivity contribution in [2.45, 2.75) is 32.7 Å². The second kappa shape index (κ2) is 9.13. The topological polar surface area (TPSA) is 61.9 Å². The molecule has 4 rings (SSSR count). The lowest BCUT2D eigenvalue weighted by atomic mass is 9.93. The molecule has 0 saturated carbocycles. The second-order valence-corrected chi connectivity index (χ2v) is 8.18. The maximum atomic E-state index is 13.2. The van der Waals surface area contributed by atoms with Crippen molar-refractivity contribution in [3.8, 4) is 6.07 Å². The molecule has 2 heterocycles. The fraction of sp³-hybridized carbons (Fsp3) is 0.320. The van der Waals surface area contributed by atoms with Crippen molar-refractivity contribution in [1.29, 1.82) is 5.26 Å². The van der Waals surface area contributed by atoms with Crippen LogP contribution < -0.4 is 0 Å². The zero-order valence-corrected chi connectivity index (χ0v) is 17.6. The highest BCUT2D eigenvalue weighted by molar-refractivity contribution is 5.94. The van der Waals surface area contributed by atoms with Crippen molar-refractivity contribution >= 4 is 5.91 Å². The van der Waals surface area contributed by atoms with E-state index in [1.807, 2.05) is 18.0 Å². The molecule has 0 aliphatic carbocycles. The Hall–Kier alpha value is -3.46. The molecule has 1 aromatic heterocycles. The van der Waals surface area contributed by atoms with E-state index in [0.29, 0.717) is 30.1 Å². The van der Waals surface area contributed by atoms with Gasteiger partial charge in [-0.05, 0) is 67.6 Å². The molecule has 0 radical (unpaired) electrons. The molecular formula is C25H25FN4O. The van der Waals surface area contributed by atoms with Crippen molar-refractivity contribution in [3.63, 3.8) is 0 Å². The third-order valence-electron chi connectivity index (χ3n) is 5.93. The van der Waals surface area contributed by atoms with Crippen LogP contribution in [0.25, 0.3) is 0 Å². The number of amides is 1. The van der Waals surface area contributed by atoms with Gasteiger partial charge in [0.25, 0.3) is 5.91 Å². The summed E-state index contributed by atoms with van der Waals surface area (Å²) in [5, 5.41) is 8.95. The third kappa shape index (κ3) is 4.83. The van der Waals surface area contributed by atoms with E-state index in [4.69, 9.17) is 5.26 Å². The first kappa shape index (κ1) is 20.8. The summed E-state index contributed by atoms with van der Waals surface area (Å²) < 4.78 is 15.4. The van der Waals surface area contributed by atoms with E-state index < -0.39 is 0 Å². The number of rotatable bonds is 5. The normalized spacial score (nSPS) is 16.2. The minimum atomic E-state index is -0.236. The van der Waals surface area contributed by atoms with Crippen LogP contribution in [0.3, 0.4) is 0 Å². The van der Waals surface area contributed by atoms with Crippen LogP contribution in [-0.2, 0) is 13.0 Å². The molecule has 6 heteroatoms. The number of aromatic nitrogens is 2. The number of nitrogens with zero attached hydrogens (tertiary/aromatic N) is 4. The zero-order chi connectivity index (χ0) is 21.8. The standard InChI is InChI=1S/C25H25FN4O/c1-18-15-28-24(30(18)17-20-6-10-23(26)11-7-20)13-21-3-2-12-29(16-21)25(31)22-8-4-19(14-27)5-9-22/h4-11,15,21H,2-3,12-13,16-17H2,1H3. The molecule has 1 saturated heterocycles. The van der Waals surface area contributed by atoms with E-state index >= 15 is 0 Å². The molecule has 31 heavy (non-hydrogen) atoms. The van der Waals surface area contributed by atoms with Crippen LogP contribution in [0, 0.1) is 30.0 Å². The molecular weight excluding hydrogens is 391 g/mol. The highest BCUT2D eigenvalue weighted by atomic mass is 19.1. The van der Waals surface area contributed by atoms with Gasteiger partial charge in [-0.15, -0.1) is 0 Å². The van der Waals surface area contributed by atoms with Crippen molar-refractivity contribution in [2.24, 2.45) is 5.92 Å². The average Bonchev–Trinajstić information content (AvgIpc) is 3.14. The van der Waals surface area contributed by atoms with Crippen molar-refractivity contribution < 1.29 is 9.18 Å². The fourth-order valence-corrected chi connectivity index (χ4v) is 4.21. The number of hydrogen-bond acceptors (Lipinski definition) is 3. The monoisotopic (exact) mass is 416 g/mol. The predicted octanol–water partition coefficient (Wildman–Crippen LogP) is 4.35. The van der Waals surface area contributed by atoms with Gasteiger partial charge in [0.2, 0.25) is 0 Å². The first-order valence-electron chi connectivity index (χ1n) is 10.6. The molecule has 0 spiro atoms. The third-order valence-corrected chi connectivity index (χ3v) is 5.93. The maximum absolute atomic E-state index is 13.2. The van der Waals surface area contributed by atoms with Crippen LogP contribution in [0.5, 0.6) is 0 Å². The Morgan fingerprint density at radius 1 is 1.19 bits per heavy atom. The lowest BCUT2D eigenvalue weighted by molar-refractivity contribution is 0.0671. The molecule has 3 aromatic rings. The van der Waals surface area contributed by atoms with Gasteiger partial charge in [0.05, 0.1) is 11.6 Å². The zero-order valence-electron chi connectivity index (χ0n) is 17.6. The molecule has 2 aromatic carbocycles. The minimum absolute atomic E-state index is 0.0139. The Kier molecular flexibility index (Phi) is 6.13. The Bertz CT molecular complexity index is 1100. The van der Waals surface area contributed by atoms with Crippen LogP contribution >= 0.6 is 0 Å². The van der Waals surface area contributed by atoms with E-state index in [9.17, 15) is 9.18 Å². The van der Waals surface area contributed by atoms with Crippen molar-refractivity contribution in [3.05, 3.63) is 88.8 Å². The molecule has 1 amide bonds. The summed E-state index contributed by atoms with van der Waals surface area (Å²) in [7, 11) is 0. The van der Waals surface area contributed by atoms with Gasteiger partial charge < -0.3 is 9.47 Å².